The minimum absolute atomic E-state index is 0.155. The van der Waals surface area contributed by atoms with E-state index in [9.17, 15) is 19.8 Å². The molecule has 0 unspecified atom stereocenters. The molecule has 0 aromatic heterocycles. The molecule has 6 heteroatoms. The fourth-order valence-electron chi connectivity index (χ4n) is 4.57. The van der Waals surface area contributed by atoms with Crippen molar-refractivity contribution in [2.24, 2.45) is 17.8 Å². The maximum absolute atomic E-state index is 12.3. The molecule has 0 amide bonds. The van der Waals surface area contributed by atoms with Gasteiger partial charge < -0.3 is 19.7 Å². The van der Waals surface area contributed by atoms with Crippen LogP contribution in [0.4, 0.5) is 0 Å². The van der Waals surface area contributed by atoms with E-state index in [0.29, 0.717) is 12.0 Å². The van der Waals surface area contributed by atoms with Crippen molar-refractivity contribution in [1.29, 1.82) is 0 Å². The molecule has 0 spiro atoms. The van der Waals surface area contributed by atoms with E-state index in [1.165, 1.54) is 0 Å². The Kier molecular flexibility index (Phi) is 4.61. The summed E-state index contributed by atoms with van der Waals surface area (Å²) in [5.41, 5.74) is 0.0432. The summed E-state index contributed by atoms with van der Waals surface area (Å²) in [7, 11) is 0. The lowest BCUT2D eigenvalue weighted by molar-refractivity contribution is -0.184. The third-order valence-corrected chi connectivity index (χ3v) is 6.26. The summed E-state index contributed by atoms with van der Waals surface area (Å²) in [5.74, 6) is -2.47. The predicted molar refractivity (Wildman–Crippen MR) is 93.8 cm³/mol. The Labute approximate surface area is 153 Å². The maximum atomic E-state index is 12.3. The summed E-state index contributed by atoms with van der Waals surface area (Å²) in [6, 6.07) is 0. The van der Waals surface area contributed by atoms with Crippen LogP contribution >= 0.6 is 0 Å². The number of fused-ring (bicyclic) bond motifs is 3. The van der Waals surface area contributed by atoms with Crippen LogP contribution in [0.25, 0.3) is 0 Å². The third-order valence-electron chi connectivity index (χ3n) is 6.26. The van der Waals surface area contributed by atoms with Crippen LogP contribution in [0.3, 0.4) is 0 Å². The maximum Gasteiger partial charge on any atom is 0.334 e. The van der Waals surface area contributed by atoms with E-state index in [1.807, 2.05) is 13.0 Å². The highest BCUT2D eigenvalue weighted by Crippen LogP contribution is 2.52. The normalized spacial score (nSPS) is 42.5. The van der Waals surface area contributed by atoms with Crippen molar-refractivity contribution in [1.82, 2.24) is 0 Å². The molecule has 7 atom stereocenters. The van der Waals surface area contributed by atoms with Crippen LogP contribution in [0.1, 0.15) is 34.1 Å². The first-order valence-electron chi connectivity index (χ1n) is 8.92. The van der Waals surface area contributed by atoms with E-state index in [1.54, 1.807) is 26.8 Å². The van der Waals surface area contributed by atoms with E-state index in [4.69, 9.17) is 9.47 Å². The predicted octanol–water partition coefficient (Wildman–Crippen LogP) is 1.67. The van der Waals surface area contributed by atoms with Crippen LogP contribution in [0, 0.1) is 17.8 Å². The molecule has 3 aliphatic rings. The first-order chi connectivity index (χ1) is 12.1. The number of aliphatic hydroxyl groups is 2. The number of esters is 2. The van der Waals surface area contributed by atoms with Crippen molar-refractivity contribution in [3.05, 3.63) is 35.5 Å². The zero-order valence-corrected chi connectivity index (χ0v) is 15.6. The molecule has 142 valence electrons. The number of hydrogen-bond donors (Lipinski definition) is 2. The van der Waals surface area contributed by atoms with Crippen LogP contribution < -0.4 is 0 Å². The Hall–Kier alpha value is -1.92. The van der Waals surface area contributed by atoms with Gasteiger partial charge >= 0.3 is 11.9 Å². The summed E-state index contributed by atoms with van der Waals surface area (Å²) >= 11 is 0. The van der Waals surface area contributed by atoms with Gasteiger partial charge in [-0.15, -0.1) is 0 Å². The highest BCUT2D eigenvalue weighted by Gasteiger charge is 2.62. The van der Waals surface area contributed by atoms with E-state index < -0.39 is 41.8 Å². The summed E-state index contributed by atoms with van der Waals surface area (Å²) in [6.07, 6.45) is 1.06. The summed E-state index contributed by atoms with van der Waals surface area (Å²) < 4.78 is 11.1. The van der Waals surface area contributed by atoms with Crippen molar-refractivity contribution in [3.8, 4) is 0 Å². The van der Waals surface area contributed by atoms with Crippen molar-refractivity contribution in [2.75, 3.05) is 0 Å². The number of hydrogen-bond acceptors (Lipinski definition) is 6. The first-order valence-corrected chi connectivity index (χ1v) is 8.92. The molecule has 1 heterocycles. The standard InChI is InChI=1S/C20H26O6/c1-6-9(2)18(22)26-17-15(21)14-11(4)19(23)25-16(14)13-10(3)7-8-12(13)20(17,5)24/h6-7,12-17,21,24H,4,8H2,1-3,5H3/b9-6-/t12-,13-,14+,15-,16+,17-,20+/m0/s1. The van der Waals surface area contributed by atoms with Crippen LogP contribution in [-0.4, -0.2) is 46.1 Å². The molecule has 0 radical (unpaired) electrons. The van der Waals surface area contributed by atoms with E-state index >= 15 is 0 Å². The van der Waals surface area contributed by atoms with Gasteiger partial charge in [-0.3, -0.25) is 0 Å². The molecule has 0 aromatic carbocycles. The molecule has 0 aromatic rings. The second kappa shape index (κ2) is 6.35. The number of ether oxygens (including phenoxy) is 2. The minimum atomic E-state index is -1.49. The lowest BCUT2D eigenvalue weighted by Crippen LogP contribution is -2.54. The van der Waals surface area contributed by atoms with Gasteiger partial charge in [0, 0.05) is 23.0 Å². The molecule has 1 saturated carbocycles. The largest absolute Gasteiger partial charge is 0.458 e. The van der Waals surface area contributed by atoms with Gasteiger partial charge in [-0.25, -0.2) is 9.59 Å². The van der Waals surface area contributed by atoms with Crippen LogP contribution in [0.2, 0.25) is 0 Å². The fourth-order valence-corrected chi connectivity index (χ4v) is 4.57. The average molecular weight is 362 g/mol. The number of aliphatic hydroxyl groups excluding tert-OH is 1. The zero-order valence-electron chi connectivity index (χ0n) is 15.6. The van der Waals surface area contributed by atoms with Gasteiger partial charge in [0.25, 0.3) is 0 Å². The van der Waals surface area contributed by atoms with Gasteiger partial charge in [0.15, 0.2) is 6.10 Å². The van der Waals surface area contributed by atoms with Crippen molar-refractivity contribution in [2.45, 2.75) is 58.0 Å². The molecular formula is C20H26O6. The van der Waals surface area contributed by atoms with E-state index in [-0.39, 0.29) is 17.4 Å². The lowest BCUT2D eigenvalue weighted by Gasteiger charge is -2.39. The molecule has 0 bridgehead atoms. The fraction of sp³-hybridized carbons (Fsp3) is 0.600. The Balaban J connectivity index is 2.06. The number of carbonyl (C=O) groups is 2. The van der Waals surface area contributed by atoms with Gasteiger partial charge in [0.1, 0.15) is 17.8 Å². The Morgan fingerprint density at radius 1 is 1.46 bits per heavy atom. The molecule has 1 aliphatic heterocycles. The van der Waals surface area contributed by atoms with Crippen molar-refractivity contribution < 1.29 is 29.3 Å². The number of rotatable bonds is 2. The Morgan fingerprint density at radius 2 is 2.12 bits per heavy atom. The molecule has 2 N–H and O–H groups in total. The molecule has 2 aliphatic carbocycles. The van der Waals surface area contributed by atoms with Gasteiger partial charge in [0.2, 0.25) is 0 Å². The number of carbonyl (C=O) groups excluding carboxylic acids is 2. The number of allylic oxidation sites excluding steroid dienone is 2. The molecule has 2 fully saturated rings. The summed E-state index contributed by atoms with van der Waals surface area (Å²) in [6.45, 7) is 10.6. The van der Waals surface area contributed by atoms with E-state index in [2.05, 4.69) is 6.58 Å². The zero-order chi connectivity index (χ0) is 19.4. The molecule has 3 rings (SSSR count). The van der Waals surface area contributed by atoms with Gasteiger partial charge in [-0.1, -0.05) is 24.3 Å². The van der Waals surface area contributed by atoms with Gasteiger partial charge in [-0.2, -0.15) is 0 Å². The second-order valence-corrected chi connectivity index (χ2v) is 7.75. The van der Waals surface area contributed by atoms with Crippen molar-refractivity contribution >= 4 is 11.9 Å². The average Bonchev–Trinajstić information content (AvgIpc) is 3.09. The minimum Gasteiger partial charge on any atom is -0.458 e. The SMILES string of the molecule is C=C1C(=O)O[C@H]2[C@H]1[C@H](O)[C@H](OC(=O)/C(C)=C\C)[C@](C)(O)[C@H]1CC=C(C)[C@H]21. The smallest absolute Gasteiger partial charge is 0.334 e. The monoisotopic (exact) mass is 362 g/mol. The molecule has 1 saturated heterocycles. The Morgan fingerprint density at radius 3 is 2.73 bits per heavy atom. The summed E-state index contributed by atoms with van der Waals surface area (Å²) in [5, 5.41) is 22.3. The van der Waals surface area contributed by atoms with Crippen molar-refractivity contribution in [3.63, 3.8) is 0 Å². The molecule has 26 heavy (non-hydrogen) atoms. The van der Waals surface area contributed by atoms with Gasteiger partial charge in [-0.05, 0) is 34.1 Å². The highest BCUT2D eigenvalue weighted by molar-refractivity contribution is 5.91. The topological polar surface area (TPSA) is 93.1 Å². The van der Waals surface area contributed by atoms with Crippen LogP contribution in [0.5, 0.6) is 0 Å². The quantitative estimate of drug-likeness (QED) is 0.441. The van der Waals surface area contributed by atoms with E-state index in [0.717, 1.165) is 5.57 Å². The summed E-state index contributed by atoms with van der Waals surface area (Å²) in [4.78, 5) is 24.4. The van der Waals surface area contributed by atoms with Crippen LogP contribution in [-0.2, 0) is 19.1 Å². The molecular weight excluding hydrogens is 336 g/mol. The third kappa shape index (κ3) is 2.63. The second-order valence-electron chi connectivity index (χ2n) is 7.75. The van der Waals surface area contributed by atoms with Gasteiger partial charge in [0.05, 0.1) is 5.92 Å². The first kappa shape index (κ1) is 18.9. The highest BCUT2D eigenvalue weighted by atomic mass is 16.6. The molecule has 6 nitrogen and oxygen atoms in total. The van der Waals surface area contributed by atoms with Crippen LogP contribution in [0.15, 0.2) is 35.5 Å². The Bertz CT molecular complexity index is 716. The lowest BCUT2D eigenvalue weighted by atomic mass is 9.75.